The van der Waals surface area contributed by atoms with Crippen LogP contribution >= 0.6 is 15.9 Å². The number of hydrogen-bond donors (Lipinski definition) is 0. The monoisotopic (exact) mass is 411 g/mol. The number of hydrogen-bond acceptors (Lipinski definition) is 5. The number of esters is 1. The maximum Gasteiger partial charge on any atom is 0.338 e. The summed E-state index contributed by atoms with van der Waals surface area (Å²) in [6.07, 6.45) is 4.41. The molecular weight excluding hydrogens is 386 g/mol. The topological polar surface area (TPSA) is 48.0 Å². The predicted molar refractivity (Wildman–Crippen MR) is 99.3 cm³/mol. The molecule has 0 spiro atoms. The molecule has 0 amide bonds. The van der Waals surface area contributed by atoms with Crippen LogP contribution in [0.3, 0.4) is 0 Å². The number of benzene rings is 1. The van der Waals surface area contributed by atoms with Gasteiger partial charge in [-0.1, -0.05) is 0 Å². The highest BCUT2D eigenvalue weighted by Crippen LogP contribution is 2.51. The molecule has 0 N–H and O–H groups in total. The van der Waals surface area contributed by atoms with E-state index in [1.54, 1.807) is 6.07 Å². The molecule has 1 unspecified atom stereocenters. The summed E-state index contributed by atoms with van der Waals surface area (Å²) in [5.74, 6) is 0.588. The summed E-state index contributed by atoms with van der Waals surface area (Å²) < 4.78 is 18.2. The zero-order chi connectivity index (χ0) is 18.4. The van der Waals surface area contributed by atoms with Crippen LogP contribution in [-0.4, -0.2) is 43.9 Å². The van der Waals surface area contributed by atoms with E-state index >= 15 is 0 Å². The van der Waals surface area contributed by atoms with Crippen molar-refractivity contribution < 1.29 is 19.0 Å². The first-order valence-electron chi connectivity index (χ1n) is 8.72. The third-order valence-electron chi connectivity index (χ3n) is 5.62. The predicted octanol–water partition coefficient (Wildman–Crippen LogP) is 4.15. The molecule has 3 rings (SSSR count). The van der Waals surface area contributed by atoms with Crippen LogP contribution in [0.25, 0.3) is 0 Å². The minimum atomic E-state index is -0.693. The van der Waals surface area contributed by atoms with Crippen molar-refractivity contribution in [3.63, 3.8) is 0 Å². The summed E-state index contributed by atoms with van der Waals surface area (Å²) >= 11 is 3.51. The number of halogens is 1. The molecule has 25 heavy (non-hydrogen) atoms. The first-order chi connectivity index (χ1) is 11.8. The largest absolute Gasteiger partial charge is 0.465 e. The Balaban J connectivity index is 1.84. The van der Waals surface area contributed by atoms with Gasteiger partial charge in [-0.05, 0) is 68.7 Å². The molecule has 1 aliphatic heterocycles. The van der Waals surface area contributed by atoms with Gasteiger partial charge in [0.25, 0.3) is 5.79 Å². The Morgan fingerprint density at radius 2 is 1.84 bits per heavy atom. The van der Waals surface area contributed by atoms with Gasteiger partial charge >= 0.3 is 5.97 Å². The van der Waals surface area contributed by atoms with E-state index in [1.165, 1.54) is 7.11 Å². The molecule has 1 saturated carbocycles. The lowest BCUT2D eigenvalue weighted by Gasteiger charge is -2.39. The Hall–Kier alpha value is -1.27. The Labute approximate surface area is 157 Å². The van der Waals surface area contributed by atoms with E-state index in [0.29, 0.717) is 29.0 Å². The van der Waals surface area contributed by atoms with Gasteiger partial charge in [0, 0.05) is 24.4 Å². The van der Waals surface area contributed by atoms with Crippen LogP contribution in [0.1, 0.15) is 48.5 Å². The van der Waals surface area contributed by atoms with Gasteiger partial charge in [-0.15, -0.1) is 0 Å². The average molecular weight is 412 g/mol. The lowest BCUT2D eigenvalue weighted by Crippen LogP contribution is -2.46. The van der Waals surface area contributed by atoms with Crippen molar-refractivity contribution in [3.8, 4) is 11.5 Å². The zero-order valence-corrected chi connectivity index (χ0v) is 17.1. The first kappa shape index (κ1) is 18.5. The maximum absolute atomic E-state index is 12.0. The van der Waals surface area contributed by atoms with Crippen molar-refractivity contribution >= 4 is 21.9 Å². The van der Waals surface area contributed by atoms with Gasteiger partial charge in [-0.25, -0.2) is 4.79 Å². The molecule has 1 aromatic carbocycles. The van der Waals surface area contributed by atoms with E-state index in [1.807, 2.05) is 13.8 Å². The summed E-state index contributed by atoms with van der Waals surface area (Å²) in [4.78, 5) is 14.3. The lowest BCUT2D eigenvalue weighted by molar-refractivity contribution is -0.123. The smallest absolute Gasteiger partial charge is 0.338 e. The molecule has 1 aliphatic carbocycles. The zero-order valence-electron chi connectivity index (χ0n) is 15.5. The number of rotatable bonds is 3. The first-order valence-corrected chi connectivity index (χ1v) is 9.52. The van der Waals surface area contributed by atoms with E-state index in [0.717, 1.165) is 35.7 Å². The number of methoxy groups -OCH3 is 1. The fourth-order valence-corrected chi connectivity index (χ4v) is 4.44. The Morgan fingerprint density at radius 1 is 1.24 bits per heavy atom. The Bertz CT molecular complexity index is 682. The number of nitrogens with zero attached hydrogens (tertiary/aromatic N) is 1. The highest BCUT2D eigenvalue weighted by atomic mass is 79.9. The van der Waals surface area contributed by atoms with Crippen molar-refractivity contribution in [3.05, 3.63) is 21.7 Å². The number of carbonyl (C=O) groups excluding carboxylic acids is 1. The maximum atomic E-state index is 12.0. The molecule has 1 atom stereocenters. The molecule has 6 heteroatoms. The van der Waals surface area contributed by atoms with Gasteiger partial charge in [-0.2, -0.15) is 0 Å². The van der Waals surface area contributed by atoms with Crippen LogP contribution in [-0.2, 0) is 4.74 Å². The van der Waals surface area contributed by atoms with E-state index in [4.69, 9.17) is 14.2 Å². The summed E-state index contributed by atoms with van der Waals surface area (Å²) in [5.41, 5.74) is 1.26. The number of ether oxygens (including phenoxy) is 3. The van der Waals surface area contributed by atoms with Gasteiger partial charge in [0.1, 0.15) is 0 Å². The van der Waals surface area contributed by atoms with Crippen molar-refractivity contribution in [2.75, 3.05) is 21.2 Å². The summed E-state index contributed by atoms with van der Waals surface area (Å²) in [5, 5.41) is 0. The normalized spacial score (nSPS) is 28.3. The van der Waals surface area contributed by atoms with Crippen LogP contribution in [0.5, 0.6) is 11.5 Å². The standard InChI is InChI=1S/C19H26BrNO4/c1-11-14(18(22)23-5)10-15(20)17-16(11)24-19(2,25-17)12-6-8-13(9-7-12)21(3)4/h10,12-13H,6-9H2,1-5H3/t12-,13-,19?. The van der Waals surface area contributed by atoms with E-state index in [2.05, 4.69) is 34.9 Å². The van der Waals surface area contributed by atoms with Gasteiger partial charge < -0.3 is 19.1 Å². The van der Waals surface area contributed by atoms with Gasteiger partial charge in [-0.3, -0.25) is 0 Å². The van der Waals surface area contributed by atoms with Crippen LogP contribution < -0.4 is 9.47 Å². The van der Waals surface area contributed by atoms with Crippen LogP contribution in [0.2, 0.25) is 0 Å². The van der Waals surface area contributed by atoms with Gasteiger partial charge in [0.2, 0.25) is 0 Å². The molecule has 1 aromatic rings. The molecule has 138 valence electrons. The third kappa shape index (κ3) is 3.26. The molecule has 5 nitrogen and oxygen atoms in total. The van der Waals surface area contributed by atoms with Crippen molar-refractivity contribution in [1.29, 1.82) is 0 Å². The second kappa shape index (κ2) is 6.80. The highest BCUT2D eigenvalue weighted by Gasteiger charge is 2.47. The third-order valence-corrected chi connectivity index (χ3v) is 6.21. The number of carbonyl (C=O) groups is 1. The van der Waals surface area contributed by atoms with Crippen molar-refractivity contribution in [2.45, 2.75) is 51.4 Å². The second-order valence-electron chi connectivity index (χ2n) is 7.37. The highest BCUT2D eigenvalue weighted by molar-refractivity contribution is 9.10. The van der Waals surface area contributed by atoms with Crippen molar-refractivity contribution in [2.24, 2.45) is 5.92 Å². The minimum Gasteiger partial charge on any atom is -0.465 e. The average Bonchev–Trinajstić information content (AvgIpc) is 2.97. The van der Waals surface area contributed by atoms with Crippen LogP contribution in [0.4, 0.5) is 0 Å². The molecular formula is C19H26BrNO4. The molecule has 0 radical (unpaired) electrons. The molecule has 2 aliphatic rings. The molecule has 0 saturated heterocycles. The summed E-state index contributed by atoms with van der Waals surface area (Å²) in [6, 6.07) is 2.38. The van der Waals surface area contributed by atoms with Gasteiger partial charge in [0.05, 0.1) is 17.1 Å². The minimum absolute atomic E-state index is 0.323. The quantitative estimate of drug-likeness (QED) is 0.698. The molecule has 0 bridgehead atoms. The van der Waals surface area contributed by atoms with Gasteiger partial charge in [0.15, 0.2) is 11.5 Å². The summed E-state index contributed by atoms with van der Waals surface area (Å²) in [6.45, 7) is 3.88. The van der Waals surface area contributed by atoms with Crippen molar-refractivity contribution in [1.82, 2.24) is 4.90 Å². The lowest BCUT2D eigenvalue weighted by atomic mass is 9.81. The van der Waals surface area contributed by atoms with Crippen LogP contribution in [0.15, 0.2) is 10.5 Å². The van der Waals surface area contributed by atoms with Crippen LogP contribution in [0, 0.1) is 12.8 Å². The summed E-state index contributed by atoms with van der Waals surface area (Å²) in [7, 11) is 5.66. The van der Waals surface area contributed by atoms with E-state index in [-0.39, 0.29) is 5.97 Å². The Kier molecular flexibility index (Phi) is 5.04. The fraction of sp³-hybridized carbons (Fsp3) is 0.632. The Morgan fingerprint density at radius 3 is 2.40 bits per heavy atom. The SMILES string of the molecule is COC(=O)c1cc(Br)c2c(c1C)OC(C)([C@H]1CC[C@H](N(C)C)CC1)O2. The van der Waals surface area contributed by atoms with E-state index < -0.39 is 5.79 Å². The number of fused-ring (bicyclic) bond motifs is 1. The fourth-order valence-electron chi connectivity index (χ4n) is 3.95. The molecule has 1 heterocycles. The second-order valence-corrected chi connectivity index (χ2v) is 8.22. The molecule has 0 aromatic heterocycles. The molecule has 1 fully saturated rings. The van der Waals surface area contributed by atoms with E-state index in [9.17, 15) is 4.79 Å².